The number of carboxylic acids is 1. The van der Waals surface area contributed by atoms with E-state index in [1.807, 2.05) is 38.1 Å². The van der Waals surface area contributed by atoms with Crippen LogP contribution in [0.15, 0.2) is 24.3 Å². The summed E-state index contributed by atoms with van der Waals surface area (Å²) in [6, 6.07) is 7.04. The molecule has 0 aliphatic heterocycles. The van der Waals surface area contributed by atoms with Crippen LogP contribution in [-0.4, -0.2) is 30.3 Å². The monoisotopic (exact) mass is 237 g/mol. The molecule has 0 bridgehead atoms. The number of benzene rings is 1. The maximum absolute atomic E-state index is 11.1. The zero-order chi connectivity index (χ0) is 12.8. The van der Waals surface area contributed by atoms with E-state index in [1.165, 1.54) is 0 Å². The zero-order valence-corrected chi connectivity index (χ0v) is 10.4. The van der Waals surface area contributed by atoms with Crippen LogP contribution >= 0.6 is 0 Å². The number of carboxylic acid groups (broad SMARTS) is 1. The van der Waals surface area contributed by atoms with Crippen molar-refractivity contribution in [3.8, 4) is 5.75 Å². The second-order valence-corrected chi connectivity index (χ2v) is 4.27. The number of hydrogen-bond acceptors (Lipinski definition) is 3. The third kappa shape index (κ3) is 4.44. The van der Waals surface area contributed by atoms with Crippen LogP contribution in [0.1, 0.15) is 19.4 Å². The smallest absolute Gasteiger partial charge is 0.321 e. The molecule has 1 rings (SSSR count). The summed E-state index contributed by atoms with van der Waals surface area (Å²) in [4.78, 5) is 11.1. The number of nitrogens with one attached hydrogen (secondary N) is 1. The van der Waals surface area contributed by atoms with E-state index in [0.29, 0.717) is 6.42 Å². The number of hydrogen-bond donors (Lipinski definition) is 2. The maximum Gasteiger partial charge on any atom is 0.321 e. The quantitative estimate of drug-likeness (QED) is 0.790. The van der Waals surface area contributed by atoms with Crippen LogP contribution in [0.3, 0.4) is 0 Å². The van der Waals surface area contributed by atoms with E-state index >= 15 is 0 Å². The zero-order valence-electron chi connectivity index (χ0n) is 10.4. The van der Waals surface area contributed by atoms with Gasteiger partial charge < -0.3 is 15.2 Å². The van der Waals surface area contributed by atoms with Crippen molar-refractivity contribution in [3.63, 3.8) is 0 Å². The summed E-state index contributed by atoms with van der Waals surface area (Å²) in [5.74, 6) is -0.0855. The van der Waals surface area contributed by atoms with Crippen LogP contribution in [0.25, 0.3) is 0 Å². The molecule has 0 aromatic heterocycles. The molecule has 1 aromatic rings. The lowest BCUT2D eigenvalue weighted by Gasteiger charge is -2.17. The Bertz CT molecular complexity index is 377. The Kier molecular flexibility index (Phi) is 4.97. The number of rotatable bonds is 6. The largest absolute Gasteiger partial charge is 0.497 e. The van der Waals surface area contributed by atoms with Gasteiger partial charge in [-0.2, -0.15) is 0 Å². The summed E-state index contributed by atoms with van der Waals surface area (Å²) in [5.41, 5.74) is 0.949. The Morgan fingerprint density at radius 3 is 2.71 bits per heavy atom. The van der Waals surface area contributed by atoms with Crippen LogP contribution < -0.4 is 10.1 Å². The second-order valence-electron chi connectivity index (χ2n) is 4.27. The number of aliphatic carboxylic acids is 1. The molecule has 1 atom stereocenters. The van der Waals surface area contributed by atoms with Crippen molar-refractivity contribution < 1.29 is 14.6 Å². The highest BCUT2D eigenvalue weighted by Gasteiger charge is 2.18. The van der Waals surface area contributed by atoms with Crippen molar-refractivity contribution in [3.05, 3.63) is 29.8 Å². The molecule has 1 unspecified atom stereocenters. The molecule has 0 heterocycles. The fourth-order valence-electron chi connectivity index (χ4n) is 1.66. The highest BCUT2D eigenvalue weighted by Crippen LogP contribution is 2.14. The van der Waals surface area contributed by atoms with E-state index in [0.717, 1.165) is 11.3 Å². The summed E-state index contributed by atoms with van der Waals surface area (Å²) in [6.07, 6.45) is 0.449. The first-order chi connectivity index (χ1) is 8.02. The lowest BCUT2D eigenvalue weighted by molar-refractivity contribution is -0.139. The average Bonchev–Trinajstić information content (AvgIpc) is 2.27. The van der Waals surface area contributed by atoms with E-state index in [9.17, 15) is 4.79 Å². The van der Waals surface area contributed by atoms with Crippen LogP contribution in [0, 0.1) is 0 Å². The Morgan fingerprint density at radius 1 is 1.47 bits per heavy atom. The van der Waals surface area contributed by atoms with E-state index < -0.39 is 12.0 Å². The number of carbonyl (C=O) groups is 1. The van der Waals surface area contributed by atoms with Gasteiger partial charge in [0.25, 0.3) is 0 Å². The fourth-order valence-corrected chi connectivity index (χ4v) is 1.66. The first-order valence-electron chi connectivity index (χ1n) is 5.64. The van der Waals surface area contributed by atoms with Gasteiger partial charge in [-0.25, -0.2) is 0 Å². The van der Waals surface area contributed by atoms with Gasteiger partial charge in [-0.1, -0.05) is 26.0 Å². The minimum atomic E-state index is -0.832. The molecule has 0 radical (unpaired) electrons. The van der Waals surface area contributed by atoms with Crippen molar-refractivity contribution in [1.82, 2.24) is 5.32 Å². The third-order valence-electron chi connectivity index (χ3n) is 2.41. The molecule has 0 saturated heterocycles. The van der Waals surface area contributed by atoms with Gasteiger partial charge in [0.1, 0.15) is 11.8 Å². The predicted octanol–water partition coefficient (Wildman–Crippen LogP) is 1.69. The summed E-state index contributed by atoms with van der Waals surface area (Å²) in [7, 11) is 1.60. The minimum absolute atomic E-state index is 0.140. The lowest BCUT2D eigenvalue weighted by atomic mass is 10.1. The highest BCUT2D eigenvalue weighted by atomic mass is 16.5. The molecule has 0 saturated carbocycles. The molecule has 1 aromatic carbocycles. The van der Waals surface area contributed by atoms with Gasteiger partial charge in [0.2, 0.25) is 0 Å². The fraction of sp³-hybridized carbons (Fsp3) is 0.462. The normalized spacial score (nSPS) is 12.5. The van der Waals surface area contributed by atoms with Crippen molar-refractivity contribution >= 4 is 5.97 Å². The number of ether oxygens (including phenoxy) is 1. The third-order valence-corrected chi connectivity index (χ3v) is 2.41. The summed E-state index contributed by atoms with van der Waals surface area (Å²) in [5, 5.41) is 12.1. The molecule has 4 nitrogen and oxygen atoms in total. The van der Waals surface area contributed by atoms with Crippen LogP contribution in [0.5, 0.6) is 5.75 Å². The molecule has 2 N–H and O–H groups in total. The Morgan fingerprint density at radius 2 is 2.18 bits per heavy atom. The Hall–Kier alpha value is -1.55. The van der Waals surface area contributed by atoms with Gasteiger partial charge >= 0.3 is 5.97 Å². The minimum Gasteiger partial charge on any atom is -0.497 e. The first-order valence-corrected chi connectivity index (χ1v) is 5.64. The molecule has 0 aliphatic rings. The summed E-state index contributed by atoms with van der Waals surface area (Å²) < 4.78 is 5.11. The lowest BCUT2D eigenvalue weighted by Crippen LogP contribution is -2.42. The summed E-state index contributed by atoms with van der Waals surface area (Å²) >= 11 is 0. The first kappa shape index (κ1) is 13.5. The molecule has 0 spiro atoms. The molecule has 0 aliphatic carbocycles. The van der Waals surface area contributed by atoms with Crippen LogP contribution in [0.2, 0.25) is 0 Å². The molecular weight excluding hydrogens is 218 g/mol. The van der Waals surface area contributed by atoms with Gasteiger partial charge in [0.15, 0.2) is 0 Å². The molecule has 4 heteroatoms. The Labute approximate surface area is 102 Å². The average molecular weight is 237 g/mol. The van der Waals surface area contributed by atoms with Gasteiger partial charge in [-0.3, -0.25) is 4.79 Å². The standard InChI is InChI=1S/C13H19NO3/c1-9(2)14-12(13(15)16)8-10-5-4-6-11(7-10)17-3/h4-7,9,12,14H,8H2,1-3H3,(H,15,16). The van der Waals surface area contributed by atoms with Crippen molar-refractivity contribution in [2.24, 2.45) is 0 Å². The van der Waals surface area contributed by atoms with Gasteiger partial charge in [-0.05, 0) is 24.1 Å². The van der Waals surface area contributed by atoms with E-state index in [2.05, 4.69) is 5.32 Å². The van der Waals surface area contributed by atoms with Gasteiger partial charge in [0.05, 0.1) is 7.11 Å². The molecule has 94 valence electrons. The van der Waals surface area contributed by atoms with Crippen molar-refractivity contribution in [2.75, 3.05) is 7.11 Å². The second kappa shape index (κ2) is 6.25. The van der Waals surface area contributed by atoms with Gasteiger partial charge in [0, 0.05) is 6.04 Å². The summed E-state index contributed by atoms with van der Waals surface area (Å²) in [6.45, 7) is 3.86. The van der Waals surface area contributed by atoms with Crippen molar-refractivity contribution in [2.45, 2.75) is 32.4 Å². The van der Waals surface area contributed by atoms with E-state index in [4.69, 9.17) is 9.84 Å². The predicted molar refractivity (Wildman–Crippen MR) is 66.4 cm³/mol. The molecule has 17 heavy (non-hydrogen) atoms. The van der Waals surface area contributed by atoms with Crippen molar-refractivity contribution in [1.29, 1.82) is 0 Å². The van der Waals surface area contributed by atoms with E-state index in [1.54, 1.807) is 7.11 Å². The number of methoxy groups -OCH3 is 1. The Balaban J connectivity index is 2.74. The van der Waals surface area contributed by atoms with Crippen LogP contribution in [-0.2, 0) is 11.2 Å². The molecule has 0 fully saturated rings. The highest BCUT2D eigenvalue weighted by molar-refractivity contribution is 5.74. The topological polar surface area (TPSA) is 58.6 Å². The molecule has 0 amide bonds. The SMILES string of the molecule is COc1cccc(CC(NC(C)C)C(=O)O)c1. The maximum atomic E-state index is 11.1. The van der Waals surface area contributed by atoms with E-state index in [-0.39, 0.29) is 6.04 Å². The molecular formula is C13H19NO3. The van der Waals surface area contributed by atoms with Gasteiger partial charge in [-0.15, -0.1) is 0 Å². The van der Waals surface area contributed by atoms with Crippen LogP contribution in [0.4, 0.5) is 0 Å².